The first-order valence-electron chi connectivity index (χ1n) is 8.08. The first-order chi connectivity index (χ1) is 11.4. The quantitative estimate of drug-likeness (QED) is 0.504. The van der Waals surface area contributed by atoms with Gasteiger partial charge in [0.2, 0.25) is 0 Å². The van der Waals surface area contributed by atoms with Gasteiger partial charge < -0.3 is 10.3 Å². The van der Waals surface area contributed by atoms with Crippen molar-refractivity contribution in [3.05, 3.63) is 77.6 Å². The summed E-state index contributed by atoms with van der Waals surface area (Å²) in [5, 5.41) is 6.21. The molecule has 5 rings (SSSR count). The Balaban J connectivity index is 0.000000911. The van der Waals surface area contributed by atoms with Crippen LogP contribution in [0.4, 0.5) is 0 Å². The molecule has 3 heterocycles. The Morgan fingerprint density at radius 2 is 1.84 bits per heavy atom. The molecule has 3 nitrogen and oxygen atoms in total. The molecule has 0 amide bonds. The summed E-state index contributed by atoms with van der Waals surface area (Å²) >= 11 is 0. The minimum atomic E-state index is 0. The number of H-pyrrole nitrogens is 1. The van der Waals surface area contributed by atoms with Gasteiger partial charge in [-0.25, -0.2) is 0 Å². The number of hydrogen-bond acceptors (Lipinski definition) is 2. The molecule has 1 aliphatic rings. The Bertz CT molecular complexity index is 1030. The van der Waals surface area contributed by atoms with Gasteiger partial charge in [-0.05, 0) is 41.8 Å². The fraction of sp³-hybridized carbons (Fsp3) is 0.150. The molecule has 2 aromatic carbocycles. The average Bonchev–Trinajstić information content (AvgIpc) is 3.00. The largest absolute Gasteiger partial charge is 0.357 e. The fourth-order valence-electron chi connectivity index (χ4n) is 3.74. The van der Waals surface area contributed by atoms with Crippen molar-refractivity contribution in [2.24, 2.45) is 0 Å². The van der Waals surface area contributed by atoms with Gasteiger partial charge in [-0.3, -0.25) is 4.98 Å². The first-order valence-corrected chi connectivity index (χ1v) is 8.08. The van der Waals surface area contributed by atoms with E-state index in [4.69, 9.17) is 0 Å². The smallest absolute Gasteiger partial charge is 0.0732 e. The molecule has 1 aliphatic heterocycles. The van der Waals surface area contributed by atoms with E-state index in [9.17, 15) is 0 Å². The molecule has 1 unspecified atom stereocenters. The van der Waals surface area contributed by atoms with E-state index in [0.717, 1.165) is 18.5 Å². The highest BCUT2D eigenvalue weighted by molar-refractivity contribution is 5.86. The molecule has 4 aromatic rings. The van der Waals surface area contributed by atoms with Crippen molar-refractivity contribution >= 4 is 46.6 Å². The van der Waals surface area contributed by atoms with E-state index in [1.165, 1.54) is 33.1 Å². The highest BCUT2D eigenvalue weighted by Gasteiger charge is 2.25. The number of pyridine rings is 1. The second-order valence-corrected chi connectivity index (χ2v) is 6.16. The zero-order valence-corrected chi connectivity index (χ0v) is 15.2. The van der Waals surface area contributed by atoms with Crippen LogP contribution in [-0.4, -0.2) is 16.5 Å². The van der Waals surface area contributed by atoms with E-state index < -0.39 is 0 Å². The van der Waals surface area contributed by atoms with Crippen LogP contribution < -0.4 is 5.32 Å². The predicted octanol–water partition coefficient (Wildman–Crippen LogP) is 4.79. The standard InChI is InChI=1S/C20H17N3.2ClH/c1-2-6-18-15(5-1)16-9-11-22-19(20(16)23-18)14-7-8-17-13(12-14)4-3-10-21-17;;/h1-8,10,12,19,22-23H,9,11H2;2*1H. The van der Waals surface area contributed by atoms with Crippen LogP contribution in [0.3, 0.4) is 0 Å². The average molecular weight is 372 g/mol. The second-order valence-electron chi connectivity index (χ2n) is 6.16. The summed E-state index contributed by atoms with van der Waals surface area (Å²) in [4.78, 5) is 8.05. The molecule has 1 atom stereocenters. The monoisotopic (exact) mass is 371 g/mol. The minimum Gasteiger partial charge on any atom is -0.357 e. The number of nitrogens with one attached hydrogen (secondary N) is 2. The molecule has 0 saturated heterocycles. The molecule has 25 heavy (non-hydrogen) atoms. The van der Waals surface area contributed by atoms with Crippen molar-refractivity contribution in [3.63, 3.8) is 0 Å². The van der Waals surface area contributed by atoms with Gasteiger partial charge in [0.25, 0.3) is 0 Å². The Labute approximate surface area is 158 Å². The highest BCUT2D eigenvalue weighted by atomic mass is 35.5. The molecule has 0 saturated carbocycles. The van der Waals surface area contributed by atoms with E-state index in [2.05, 4.69) is 63.8 Å². The van der Waals surface area contributed by atoms with Crippen LogP contribution in [0.25, 0.3) is 21.8 Å². The van der Waals surface area contributed by atoms with Gasteiger partial charge >= 0.3 is 0 Å². The van der Waals surface area contributed by atoms with E-state index in [1.807, 2.05) is 12.3 Å². The third-order valence-corrected chi connectivity index (χ3v) is 4.82. The van der Waals surface area contributed by atoms with Gasteiger partial charge in [-0.2, -0.15) is 0 Å². The summed E-state index contributed by atoms with van der Waals surface area (Å²) in [5.41, 5.74) is 6.33. The van der Waals surface area contributed by atoms with Crippen molar-refractivity contribution in [2.45, 2.75) is 12.5 Å². The van der Waals surface area contributed by atoms with Crippen molar-refractivity contribution in [1.29, 1.82) is 0 Å². The molecule has 0 fully saturated rings. The molecule has 0 aliphatic carbocycles. The Hall–Kier alpha value is -2.07. The van der Waals surface area contributed by atoms with E-state index in [-0.39, 0.29) is 30.9 Å². The van der Waals surface area contributed by atoms with Gasteiger partial charge in [0.1, 0.15) is 0 Å². The summed E-state index contributed by atoms with van der Waals surface area (Å²) in [7, 11) is 0. The van der Waals surface area contributed by atoms with Crippen LogP contribution in [0.5, 0.6) is 0 Å². The third-order valence-electron chi connectivity index (χ3n) is 4.82. The SMILES string of the molecule is Cl.Cl.c1cnc2ccc(C3NCCc4c3[nH]c3ccccc43)cc2c1. The van der Waals surface area contributed by atoms with Gasteiger partial charge in [0.05, 0.1) is 11.6 Å². The van der Waals surface area contributed by atoms with Gasteiger partial charge in [-0.1, -0.05) is 30.3 Å². The van der Waals surface area contributed by atoms with Crippen molar-refractivity contribution in [1.82, 2.24) is 15.3 Å². The molecule has 5 heteroatoms. The molecule has 0 spiro atoms. The van der Waals surface area contributed by atoms with Gasteiger partial charge in [0, 0.05) is 34.7 Å². The molecule has 2 aromatic heterocycles. The molecule has 0 bridgehead atoms. The van der Waals surface area contributed by atoms with Crippen molar-refractivity contribution in [2.75, 3.05) is 6.54 Å². The summed E-state index contributed by atoms with van der Waals surface area (Å²) < 4.78 is 0. The number of benzene rings is 2. The Morgan fingerprint density at radius 3 is 2.76 bits per heavy atom. The molecule has 2 N–H and O–H groups in total. The molecular formula is C20H19Cl2N3. The topological polar surface area (TPSA) is 40.7 Å². The van der Waals surface area contributed by atoms with E-state index >= 15 is 0 Å². The number of para-hydroxylation sites is 1. The van der Waals surface area contributed by atoms with Crippen LogP contribution in [0, 0.1) is 0 Å². The maximum absolute atomic E-state index is 4.42. The Kier molecular flexibility index (Phi) is 5.00. The van der Waals surface area contributed by atoms with Crippen molar-refractivity contribution < 1.29 is 0 Å². The number of nitrogens with zero attached hydrogens (tertiary/aromatic N) is 1. The zero-order valence-electron chi connectivity index (χ0n) is 13.5. The number of fused-ring (bicyclic) bond motifs is 4. The fourth-order valence-corrected chi connectivity index (χ4v) is 3.74. The maximum atomic E-state index is 4.42. The first kappa shape index (κ1) is 17.7. The molecule has 0 radical (unpaired) electrons. The summed E-state index contributed by atoms with van der Waals surface area (Å²) in [5.74, 6) is 0. The highest BCUT2D eigenvalue weighted by Crippen LogP contribution is 2.34. The summed E-state index contributed by atoms with van der Waals surface area (Å²) in [6.07, 6.45) is 2.92. The number of hydrogen-bond donors (Lipinski definition) is 2. The third kappa shape index (κ3) is 2.89. The van der Waals surface area contributed by atoms with Crippen LogP contribution in [0.2, 0.25) is 0 Å². The van der Waals surface area contributed by atoms with Crippen LogP contribution in [0.1, 0.15) is 22.9 Å². The van der Waals surface area contributed by atoms with Gasteiger partial charge in [-0.15, -0.1) is 24.8 Å². The maximum Gasteiger partial charge on any atom is 0.0732 e. The number of rotatable bonds is 1. The molecular weight excluding hydrogens is 353 g/mol. The molecule has 128 valence electrons. The summed E-state index contributed by atoms with van der Waals surface area (Å²) in [6, 6.07) is 19.5. The summed E-state index contributed by atoms with van der Waals surface area (Å²) in [6.45, 7) is 1.00. The lowest BCUT2D eigenvalue weighted by atomic mass is 9.93. The Morgan fingerprint density at radius 1 is 0.960 bits per heavy atom. The number of halogens is 2. The van der Waals surface area contributed by atoms with Crippen LogP contribution in [-0.2, 0) is 6.42 Å². The lowest BCUT2D eigenvalue weighted by molar-refractivity contribution is 0.561. The lowest BCUT2D eigenvalue weighted by Crippen LogP contribution is -2.30. The van der Waals surface area contributed by atoms with Crippen LogP contribution in [0.15, 0.2) is 60.8 Å². The van der Waals surface area contributed by atoms with Crippen molar-refractivity contribution in [3.8, 4) is 0 Å². The lowest BCUT2D eigenvalue weighted by Gasteiger charge is -2.25. The van der Waals surface area contributed by atoms with Crippen LogP contribution >= 0.6 is 24.8 Å². The normalized spacial score (nSPS) is 16.1. The van der Waals surface area contributed by atoms with E-state index in [0.29, 0.717) is 0 Å². The minimum absolute atomic E-state index is 0. The zero-order chi connectivity index (χ0) is 15.2. The van der Waals surface area contributed by atoms with Gasteiger partial charge in [0.15, 0.2) is 0 Å². The number of aromatic nitrogens is 2. The van der Waals surface area contributed by atoms with E-state index in [1.54, 1.807) is 0 Å². The number of aromatic amines is 1. The predicted molar refractivity (Wildman–Crippen MR) is 108 cm³/mol. The second kappa shape index (κ2) is 7.04.